The number of hydrogen-bond donors (Lipinski definition) is 1. The topological polar surface area (TPSA) is 92.3 Å². The average molecular weight is 403 g/mol. The fourth-order valence-corrected chi connectivity index (χ4v) is 4.26. The fourth-order valence-electron chi connectivity index (χ4n) is 2.44. The van der Waals surface area contributed by atoms with Gasteiger partial charge in [-0.1, -0.05) is 24.3 Å². The van der Waals surface area contributed by atoms with Gasteiger partial charge < -0.3 is 5.32 Å². The molecule has 0 aliphatic heterocycles. The van der Waals surface area contributed by atoms with Gasteiger partial charge in [0, 0.05) is 30.4 Å². The maximum Gasteiger partial charge on any atom is 0.244 e. The van der Waals surface area contributed by atoms with E-state index in [1.165, 1.54) is 42.9 Å². The highest BCUT2D eigenvalue weighted by Gasteiger charge is 2.23. The summed E-state index contributed by atoms with van der Waals surface area (Å²) in [6, 6.07) is 10.8. The standard InChI is InChI=1S/C18H18N4O3S2/c1-13-6-3-4-8-15(13)16-12-26-18(20-16)21-17(23)11-22(2)27(24,25)14-7-5-9-19-10-14/h3-10,12H,11H2,1-2H3,(H,20,21,23). The van der Waals surface area contributed by atoms with Crippen LogP contribution in [-0.4, -0.2) is 42.2 Å². The highest BCUT2D eigenvalue weighted by molar-refractivity contribution is 7.89. The van der Waals surface area contributed by atoms with Crippen LogP contribution in [0.4, 0.5) is 5.13 Å². The van der Waals surface area contributed by atoms with Crippen molar-refractivity contribution in [3.63, 3.8) is 0 Å². The van der Waals surface area contributed by atoms with E-state index >= 15 is 0 Å². The van der Waals surface area contributed by atoms with Gasteiger partial charge >= 0.3 is 0 Å². The lowest BCUT2D eigenvalue weighted by Crippen LogP contribution is -2.35. The van der Waals surface area contributed by atoms with E-state index < -0.39 is 15.9 Å². The van der Waals surface area contributed by atoms with Gasteiger partial charge in [-0.2, -0.15) is 4.31 Å². The van der Waals surface area contributed by atoms with Gasteiger partial charge in [-0.3, -0.25) is 9.78 Å². The molecule has 27 heavy (non-hydrogen) atoms. The SMILES string of the molecule is Cc1ccccc1-c1csc(NC(=O)CN(C)S(=O)(=O)c2cccnc2)n1. The molecule has 0 bridgehead atoms. The van der Waals surface area contributed by atoms with Crippen LogP contribution in [-0.2, 0) is 14.8 Å². The molecule has 1 aromatic carbocycles. The number of aryl methyl sites for hydroxylation is 1. The second-order valence-electron chi connectivity index (χ2n) is 5.85. The molecule has 3 aromatic rings. The summed E-state index contributed by atoms with van der Waals surface area (Å²) in [6.45, 7) is 1.67. The van der Waals surface area contributed by atoms with E-state index in [0.29, 0.717) is 5.13 Å². The zero-order valence-electron chi connectivity index (χ0n) is 14.8. The van der Waals surface area contributed by atoms with E-state index in [-0.39, 0.29) is 11.4 Å². The highest BCUT2D eigenvalue weighted by atomic mass is 32.2. The molecule has 2 heterocycles. The summed E-state index contributed by atoms with van der Waals surface area (Å²) in [7, 11) is -2.43. The molecule has 140 valence electrons. The minimum Gasteiger partial charge on any atom is -0.301 e. The Labute approximate surface area is 161 Å². The number of aromatic nitrogens is 2. The van der Waals surface area contributed by atoms with E-state index in [0.717, 1.165) is 21.1 Å². The van der Waals surface area contributed by atoms with E-state index in [9.17, 15) is 13.2 Å². The molecule has 0 saturated heterocycles. The molecule has 0 aliphatic carbocycles. The Morgan fingerprint density at radius 2 is 2.00 bits per heavy atom. The Morgan fingerprint density at radius 3 is 2.70 bits per heavy atom. The van der Waals surface area contributed by atoms with Crippen molar-refractivity contribution < 1.29 is 13.2 Å². The second kappa shape index (κ2) is 7.95. The van der Waals surface area contributed by atoms with Crippen LogP contribution >= 0.6 is 11.3 Å². The van der Waals surface area contributed by atoms with Crippen molar-refractivity contribution in [3.8, 4) is 11.3 Å². The molecule has 0 radical (unpaired) electrons. The summed E-state index contributed by atoms with van der Waals surface area (Å²) in [5.74, 6) is -0.462. The number of carbonyl (C=O) groups excluding carboxylic acids is 1. The summed E-state index contributed by atoms with van der Waals surface area (Å²) in [5.41, 5.74) is 2.85. The lowest BCUT2D eigenvalue weighted by atomic mass is 10.1. The Kier molecular flexibility index (Phi) is 5.64. The first-order chi connectivity index (χ1) is 12.9. The largest absolute Gasteiger partial charge is 0.301 e. The molecular weight excluding hydrogens is 384 g/mol. The third-order valence-electron chi connectivity index (χ3n) is 3.88. The number of anilines is 1. The third-order valence-corrected chi connectivity index (χ3v) is 6.43. The van der Waals surface area contributed by atoms with Crippen molar-refractivity contribution in [2.24, 2.45) is 0 Å². The monoisotopic (exact) mass is 402 g/mol. The van der Waals surface area contributed by atoms with Crippen LogP contribution in [0.3, 0.4) is 0 Å². The number of thiazole rings is 1. The number of sulfonamides is 1. The molecule has 7 nitrogen and oxygen atoms in total. The number of nitrogens with zero attached hydrogens (tertiary/aromatic N) is 3. The Bertz CT molecular complexity index is 1050. The van der Waals surface area contributed by atoms with Gasteiger partial charge in [-0.15, -0.1) is 11.3 Å². The number of pyridine rings is 1. The first-order valence-corrected chi connectivity index (χ1v) is 10.4. The van der Waals surface area contributed by atoms with E-state index in [1.807, 2.05) is 36.6 Å². The third kappa shape index (κ3) is 4.38. The van der Waals surface area contributed by atoms with Gasteiger partial charge in [0.25, 0.3) is 0 Å². The van der Waals surface area contributed by atoms with Gasteiger partial charge in [-0.25, -0.2) is 13.4 Å². The predicted octanol–water partition coefficient (Wildman–Crippen LogP) is 2.77. The molecule has 9 heteroatoms. The van der Waals surface area contributed by atoms with Crippen molar-refractivity contribution >= 4 is 32.4 Å². The van der Waals surface area contributed by atoms with Gasteiger partial charge in [-0.05, 0) is 24.6 Å². The number of amides is 1. The van der Waals surface area contributed by atoms with Crippen LogP contribution < -0.4 is 5.32 Å². The molecule has 1 N–H and O–H groups in total. The first-order valence-electron chi connectivity index (χ1n) is 8.05. The summed E-state index contributed by atoms with van der Waals surface area (Å²) < 4.78 is 25.9. The zero-order valence-corrected chi connectivity index (χ0v) is 16.4. The van der Waals surface area contributed by atoms with Crippen molar-refractivity contribution in [2.75, 3.05) is 18.9 Å². The summed E-state index contributed by atoms with van der Waals surface area (Å²) in [5, 5.41) is 4.93. The molecule has 1 amide bonds. The molecular formula is C18H18N4O3S2. The first kappa shape index (κ1) is 19.2. The lowest BCUT2D eigenvalue weighted by Gasteiger charge is -2.16. The molecule has 3 rings (SSSR count). The highest BCUT2D eigenvalue weighted by Crippen LogP contribution is 2.27. The van der Waals surface area contributed by atoms with Crippen LogP contribution in [0, 0.1) is 6.92 Å². The van der Waals surface area contributed by atoms with Gasteiger partial charge in [0.1, 0.15) is 4.90 Å². The van der Waals surface area contributed by atoms with E-state index in [1.54, 1.807) is 0 Å². The number of rotatable bonds is 6. The van der Waals surface area contributed by atoms with E-state index in [2.05, 4.69) is 15.3 Å². The van der Waals surface area contributed by atoms with Crippen molar-refractivity contribution in [3.05, 3.63) is 59.7 Å². The van der Waals surface area contributed by atoms with E-state index in [4.69, 9.17) is 0 Å². The Morgan fingerprint density at radius 1 is 1.22 bits per heavy atom. The summed E-state index contributed by atoms with van der Waals surface area (Å²) >= 11 is 1.29. The molecule has 0 atom stereocenters. The van der Waals surface area contributed by atoms with Crippen LogP contribution in [0.2, 0.25) is 0 Å². The summed E-state index contributed by atoms with van der Waals surface area (Å²) in [4.78, 5) is 20.5. The average Bonchev–Trinajstić information content (AvgIpc) is 3.10. The second-order valence-corrected chi connectivity index (χ2v) is 8.75. The van der Waals surface area contributed by atoms with Crippen LogP contribution in [0.1, 0.15) is 5.56 Å². The van der Waals surface area contributed by atoms with Crippen molar-refractivity contribution in [1.82, 2.24) is 14.3 Å². The number of hydrogen-bond acceptors (Lipinski definition) is 6. The summed E-state index contributed by atoms with van der Waals surface area (Å²) in [6.07, 6.45) is 2.74. The molecule has 2 aromatic heterocycles. The predicted molar refractivity (Wildman–Crippen MR) is 105 cm³/mol. The molecule has 0 saturated carbocycles. The Hall–Kier alpha value is -2.62. The minimum atomic E-state index is -3.78. The van der Waals surface area contributed by atoms with Crippen LogP contribution in [0.15, 0.2) is 59.1 Å². The smallest absolute Gasteiger partial charge is 0.244 e. The number of carbonyl (C=O) groups is 1. The van der Waals surface area contributed by atoms with Crippen LogP contribution in [0.5, 0.6) is 0 Å². The van der Waals surface area contributed by atoms with Gasteiger partial charge in [0.05, 0.1) is 12.2 Å². The quantitative estimate of drug-likeness (QED) is 0.684. The molecule has 0 unspecified atom stereocenters. The number of nitrogens with one attached hydrogen (secondary N) is 1. The van der Waals surface area contributed by atoms with Crippen molar-refractivity contribution in [1.29, 1.82) is 0 Å². The van der Waals surface area contributed by atoms with Crippen LogP contribution in [0.25, 0.3) is 11.3 Å². The van der Waals surface area contributed by atoms with Crippen molar-refractivity contribution in [2.45, 2.75) is 11.8 Å². The fraction of sp³-hybridized carbons (Fsp3) is 0.167. The maximum atomic E-state index is 12.4. The minimum absolute atomic E-state index is 0.0383. The number of benzene rings is 1. The lowest BCUT2D eigenvalue weighted by molar-refractivity contribution is -0.116. The Balaban J connectivity index is 1.67. The molecule has 0 fully saturated rings. The molecule has 0 aliphatic rings. The van der Waals surface area contributed by atoms with Gasteiger partial charge in [0.2, 0.25) is 15.9 Å². The normalized spacial score (nSPS) is 11.5. The zero-order chi connectivity index (χ0) is 19.4. The molecule has 0 spiro atoms. The van der Waals surface area contributed by atoms with Gasteiger partial charge in [0.15, 0.2) is 5.13 Å². The number of likely N-dealkylation sites (N-methyl/N-ethyl adjacent to an activating group) is 1. The maximum absolute atomic E-state index is 12.4.